The molecule has 0 aromatic carbocycles. The molecule has 1 aliphatic heterocycles. The molecule has 194 valence electrons. The molecule has 0 bridgehead atoms. The summed E-state index contributed by atoms with van der Waals surface area (Å²) >= 11 is 0. The third-order valence-electron chi connectivity index (χ3n) is 5.47. The number of amides is 3. The molecule has 13 heteroatoms. The minimum atomic E-state index is -1.34. The Bertz CT molecular complexity index is 741. The van der Waals surface area contributed by atoms with E-state index in [9.17, 15) is 29.4 Å². The molecule has 0 aromatic rings. The van der Waals surface area contributed by atoms with E-state index < -0.39 is 54.3 Å². The van der Waals surface area contributed by atoms with Gasteiger partial charge in [-0.2, -0.15) is 0 Å². The van der Waals surface area contributed by atoms with Crippen LogP contribution in [0.1, 0.15) is 52.4 Å². The molecule has 0 aliphatic carbocycles. The van der Waals surface area contributed by atoms with Crippen molar-refractivity contribution in [2.24, 2.45) is 28.1 Å². The normalized spacial score (nSPS) is 18.1. The second-order valence-corrected chi connectivity index (χ2v) is 8.92. The van der Waals surface area contributed by atoms with Gasteiger partial charge in [0.2, 0.25) is 17.7 Å². The first kappa shape index (κ1) is 29.1. The van der Waals surface area contributed by atoms with E-state index in [1.165, 1.54) is 4.90 Å². The van der Waals surface area contributed by atoms with Gasteiger partial charge in [-0.25, -0.2) is 0 Å². The number of aliphatic hydroxyl groups excluding tert-OH is 1. The van der Waals surface area contributed by atoms with Crippen LogP contribution in [0.3, 0.4) is 0 Å². The number of nitrogens with two attached hydrogens (primary N) is 3. The quantitative estimate of drug-likeness (QED) is 0.0806. The van der Waals surface area contributed by atoms with Crippen LogP contribution < -0.4 is 27.8 Å². The van der Waals surface area contributed by atoms with E-state index in [1.807, 2.05) is 13.8 Å². The lowest BCUT2D eigenvalue weighted by atomic mass is 10.0. The third kappa shape index (κ3) is 9.91. The molecule has 3 amide bonds. The van der Waals surface area contributed by atoms with Crippen molar-refractivity contribution < 1.29 is 29.4 Å². The van der Waals surface area contributed by atoms with E-state index in [-0.39, 0.29) is 25.0 Å². The summed E-state index contributed by atoms with van der Waals surface area (Å²) in [5, 5.41) is 24.0. The predicted octanol–water partition coefficient (Wildman–Crippen LogP) is -2.16. The van der Waals surface area contributed by atoms with Gasteiger partial charge >= 0.3 is 5.97 Å². The smallest absolute Gasteiger partial charge is 0.305 e. The zero-order valence-corrected chi connectivity index (χ0v) is 19.9. The molecule has 10 N–H and O–H groups in total. The fraction of sp³-hybridized carbons (Fsp3) is 0.762. The molecule has 1 rings (SSSR count). The minimum Gasteiger partial charge on any atom is -0.481 e. The van der Waals surface area contributed by atoms with Gasteiger partial charge in [0.1, 0.15) is 12.1 Å². The number of aliphatic hydroxyl groups is 1. The Morgan fingerprint density at radius 2 is 1.85 bits per heavy atom. The molecule has 0 spiro atoms. The van der Waals surface area contributed by atoms with Crippen LogP contribution in [0.15, 0.2) is 4.99 Å². The lowest BCUT2D eigenvalue weighted by Crippen LogP contribution is -2.57. The molecule has 0 radical (unpaired) electrons. The van der Waals surface area contributed by atoms with Crippen molar-refractivity contribution in [3.8, 4) is 0 Å². The maximum absolute atomic E-state index is 13.1. The number of hydrogen-bond acceptors (Lipinski definition) is 7. The van der Waals surface area contributed by atoms with Gasteiger partial charge in [-0.1, -0.05) is 13.8 Å². The van der Waals surface area contributed by atoms with Crippen LogP contribution in [0.5, 0.6) is 0 Å². The Balaban J connectivity index is 2.83. The molecule has 0 saturated carbocycles. The number of carbonyl (C=O) groups excluding carboxylic acids is 3. The van der Waals surface area contributed by atoms with Gasteiger partial charge in [0.15, 0.2) is 5.96 Å². The first-order valence-corrected chi connectivity index (χ1v) is 11.5. The van der Waals surface area contributed by atoms with Crippen molar-refractivity contribution >= 4 is 29.7 Å². The second-order valence-electron chi connectivity index (χ2n) is 8.92. The molecule has 0 unspecified atom stereocenters. The predicted molar refractivity (Wildman–Crippen MR) is 125 cm³/mol. The molecular formula is C21H39N7O6. The Morgan fingerprint density at radius 1 is 1.18 bits per heavy atom. The molecule has 34 heavy (non-hydrogen) atoms. The summed E-state index contributed by atoms with van der Waals surface area (Å²) in [5.41, 5.74) is 16.4. The minimum absolute atomic E-state index is 0.0436. The summed E-state index contributed by atoms with van der Waals surface area (Å²) in [7, 11) is 0. The summed E-state index contributed by atoms with van der Waals surface area (Å²) in [6.07, 6.45) is 1.61. The van der Waals surface area contributed by atoms with Crippen molar-refractivity contribution in [1.29, 1.82) is 0 Å². The van der Waals surface area contributed by atoms with Crippen LogP contribution in [0, 0.1) is 5.92 Å². The lowest BCUT2D eigenvalue weighted by Gasteiger charge is -2.29. The lowest BCUT2D eigenvalue weighted by molar-refractivity contribution is -0.146. The van der Waals surface area contributed by atoms with Gasteiger partial charge in [-0.15, -0.1) is 0 Å². The first-order chi connectivity index (χ1) is 16.0. The first-order valence-electron chi connectivity index (χ1n) is 11.5. The van der Waals surface area contributed by atoms with Crippen LogP contribution in [0.25, 0.3) is 0 Å². The van der Waals surface area contributed by atoms with Crippen LogP contribution in [0.4, 0.5) is 0 Å². The van der Waals surface area contributed by atoms with E-state index in [0.717, 1.165) is 0 Å². The Hall–Kier alpha value is -2.93. The van der Waals surface area contributed by atoms with Gasteiger partial charge in [0.25, 0.3) is 0 Å². The van der Waals surface area contributed by atoms with Gasteiger partial charge in [-0.05, 0) is 38.0 Å². The third-order valence-corrected chi connectivity index (χ3v) is 5.47. The number of likely N-dealkylation sites (tertiary alicyclic amines) is 1. The highest BCUT2D eigenvalue weighted by molar-refractivity contribution is 5.95. The largest absolute Gasteiger partial charge is 0.481 e. The van der Waals surface area contributed by atoms with Gasteiger partial charge in [0.05, 0.1) is 25.1 Å². The van der Waals surface area contributed by atoms with Crippen LogP contribution >= 0.6 is 0 Å². The van der Waals surface area contributed by atoms with Crippen molar-refractivity contribution in [2.45, 2.75) is 76.5 Å². The van der Waals surface area contributed by atoms with E-state index in [4.69, 9.17) is 17.2 Å². The molecule has 1 fully saturated rings. The van der Waals surface area contributed by atoms with Crippen molar-refractivity contribution in [3.63, 3.8) is 0 Å². The molecule has 1 saturated heterocycles. The number of carboxylic acids is 1. The summed E-state index contributed by atoms with van der Waals surface area (Å²) < 4.78 is 0. The maximum Gasteiger partial charge on any atom is 0.305 e. The van der Waals surface area contributed by atoms with E-state index >= 15 is 0 Å². The van der Waals surface area contributed by atoms with Crippen molar-refractivity contribution in [3.05, 3.63) is 0 Å². The fourth-order valence-corrected chi connectivity index (χ4v) is 3.82. The molecule has 0 aromatic heterocycles. The number of carboxylic acid groups (broad SMARTS) is 1. The standard InChI is InChI=1S/C21H39N7O6/c1-12(2)9-14(22)18(32)27-15(10-17(30)31)20(34)28-8-4-6-16(28)19(33)26-13(11-29)5-3-7-25-21(23)24/h12-16,29H,3-11,22H2,1-2H3,(H,26,33)(H,27,32)(H,30,31)(H4,23,24,25)/t13-,14-,15-,16-/m0/s1. The summed E-state index contributed by atoms with van der Waals surface area (Å²) in [6, 6.07) is -3.62. The summed E-state index contributed by atoms with van der Waals surface area (Å²) in [6.45, 7) is 4.06. The molecule has 13 nitrogen and oxygen atoms in total. The number of rotatable bonds is 14. The van der Waals surface area contributed by atoms with E-state index in [1.54, 1.807) is 0 Å². The number of guanidine groups is 1. The van der Waals surface area contributed by atoms with Crippen LogP contribution in [0.2, 0.25) is 0 Å². The number of aliphatic carboxylic acids is 1. The number of nitrogens with one attached hydrogen (secondary N) is 2. The van der Waals surface area contributed by atoms with Crippen molar-refractivity contribution in [1.82, 2.24) is 15.5 Å². The van der Waals surface area contributed by atoms with Crippen LogP contribution in [-0.4, -0.2) is 88.6 Å². The summed E-state index contributed by atoms with van der Waals surface area (Å²) in [4.78, 5) is 54.9. The van der Waals surface area contributed by atoms with Crippen molar-refractivity contribution in [2.75, 3.05) is 19.7 Å². The Labute approximate surface area is 199 Å². The monoisotopic (exact) mass is 485 g/mol. The van der Waals surface area contributed by atoms with Gasteiger partial charge < -0.3 is 42.9 Å². The highest BCUT2D eigenvalue weighted by Crippen LogP contribution is 2.20. The van der Waals surface area contributed by atoms with Crippen LogP contribution in [-0.2, 0) is 19.2 Å². The fourth-order valence-electron chi connectivity index (χ4n) is 3.82. The molecule has 1 heterocycles. The van der Waals surface area contributed by atoms with Gasteiger partial charge in [0, 0.05) is 13.1 Å². The molecular weight excluding hydrogens is 446 g/mol. The average molecular weight is 486 g/mol. The topological polar surface area (TPSA) is 226 Å². The number of carbonyl (C=O) groups is 4. The highest BCUT2D eigenvalue weighted by atomic mass is 16.4. The number of nitrogens with zero attached hydrogens (tertiary/aromatic N) is 2. The Morgan fingerprint density at radius 3 is 2.41 bits per heavy atom. The zero-order valence-electron chi connectivity index (χ0n) is 19.9. The zero-order chi connectivity index (χ0) is 25.8. The average Bonchev–Trinajstić information content (AvgIpc) is 3.23. The molecule has 1 aliphatic rings. The number of hydrogen-bond donors (Lipinski definition) is 7. The Kier molecular flexibility index (Phi) is 12.3. The maximum atomic E-state index is 13.1. The second kappa shape index (κ2) is 14.4. The number of aliphatic imine (C=N–C) groups is 1. The van der Waals surface area contributed by atoms with E-state index in [2.05, 4.69) is 15.6 Å². The highest BCUT2D eigenvalue weighted by Gasteiger charge is 2.39. The summed E-state index contributed by atoms with van der Waals surface area (Å²) in [5.74, 6) is -2.90. The SMILES string of the molecule is CC(C)C[C@H](N)C(=O)N[C@@H](CC(=O)O)C(=O)N1CCC[C@H]1C(=O)N[C@H](CO)CCCN=C(N)N. The van der Waals surface area contributed by atoms with Gasteiger partial charge in [-0.3, -0.25) is 24.2 Å². The van der Waals surface area contributed by atoms with E-state index in [0.29, 0.717) is 38.6 Å². The molecule has 4 atom stereocenters.